The number of fused-ring (bicyclic) bond motifs is 1. The zero-order chi connectivity index (χ0) is 20.8. The number of nitrogens with one attached hydrogen (secondary N) is 1. The maximum atomic E-state index is 11.0. The molecule has 0 amide bonds. The van der Waals surface area contributed by atoms with Crippen molar-refractivity contribution in [2.24, 2.45) is 28.6 Å². The first-order valence-electron chi connectivity index (χ1n) is 11.6. The van der Waals surface area contributed by atoms with Gasteiger partial charge in [0.15, 0.2) is 0 Å². The van der Waals surface area contributed by atoms with E-state index in [0.29, 0.717) is 24.2 Å². The fourth-order valence-electron chi connectivity index (χ4n) is 7.01. The molecule has 3 nitrogen and oxygen atoms in total. The molecule has 160 valence electrons. The largest absolute Gasteiger partial charge is 0.393 e. The van der Waals surface area contributed by atoms with Crippen molar-refractivity contribution in [2.75, 3.05) is 11.9 Å². The van der Waals surface area contributed by atoms with E-state index in [-0.39, 0.29) is 16.9 Å². The van der Waals surface area contributed by atoms with E-state index in [2.05, 4.69) is 56.9 Å². The summed E-state index contributed by atoms with van der Waals surface area (Å²) >= 11 is 0. The first-order chi connectivity index (χ1) is 13.7. The number of hydrogen-bond acceptors (Lipinski definition) is 3. The van der Waals surface area contributed by atoms with Crippen LogP contribution in [0.15, 0.2) is 36.4 Å². The van der Waals surface area contributed by atoms with E-state index < -0.39 is 6.10 Å². The maximum Gasteiger partial charge on any atom is 0.0621 e. The van der Waals surface area contributed by atoms with E-state index in [9.17, 15) is 10.2 Å². The molecule has 3 aliphatic carbocycles. The Morgan fingerprint density at radius 1 is 1.10 bits per heavy atom. The van der Waals surface area contributed by atoms with Gasteiger partial charge in [-0.05, 0) is 98.1 Å². The third-order valence-corrected chi connectivity index (χ3v) is 9.07. The summed E-state index contributed by atoms with van der Waals surface area (Å²) in [6.07, 6.45) is 6.21. The Morgan fingerprint density at radius 2 is 1.90 bits per heavy atom. The molecule has 0 heterocycles. The molecule has 1 aromatic carbocycles. The first-order valence-corrected chi connectivity index (χ1v) is 11.6. The van der Waals surface area contributed by atoms with Crippen molar-refractivity contribution in [3.8, 4) is 0 Å². The Kier molecular flexibility index (Phi) is 5.59. The van der Waals surface area contributed by atoms with Gasteiger partial charge in [0.05, 0.1) is 12.2 Å². The molecule has 3 heteroatoms. The Hall–Kier alpha value is -1.32. The van der Waals surface area contributed by atoms with Gasteiger partial charge in [0.1, 0.15) is 0 Å². The van der Waals surface area contributed by atoms with Gasteiger partial charge in [-0.1, -0.05) is 38.1 Å². The highest BCUT2D eigenvalue weighted by molar-refractivity contribution is 5.45. The summed E-state index contributed by atoms with van der Waals surface area (Å²) in [5.74, 6) is 1.62. The summed E-state index contributed by atoms with van der Waals surface area (Å²) in [4.78, 5) is 0. The van der Waals surface area contributed by atoms with Gasteiger partial charge in [0.2, 0.25) is 0 Å². The number of allylic oxidation sites excluding steroid dienone is 1. The fraction of sp³-hybridized carbons (Fsp3) is 0.692. The number of aliphatic hydroxyl groups is 2. The number of anilines is 1. The Morgan fingerprint density at radius 3 is 2.62 bits per heavy atom. The minimum atomic E-state index is -0.410. The third kappa shape index (κ3) is 3.65. The Balaban J connectivity index is 1.61. The van der Waals surface area contributed by atoms with Crippen molar-refractivity contribution in [2.45, 2.75) is 77.9 Å². The summed E-state index contributed by atoms with van der Waals surface area (Å²) in [6, 6.07) is 8.63. The quantitative estimate of drug-likeness (QED) is 0.603. The van der Waals surface area contributed by atoms with Crippen LogP contribution >= 0.6 is 0 Å². The molecule has 0 bridgehead atoms. The topological polar surface area (TPSA) is 52.5 Å². The van der Waals surface area contributed by atoms with Gasteiger partial charge in [0.25, 0.3) is 0 Å². The minimum Gasteiger partial charge on any atom is -0.393 e. The third-order valence-electron chi connectivity index (χ3n) is 9.07. The fourth-order valence-corrected chi connectivity index (χ4v) is 7.01. The molecular weight excluding hydrogens is 358 g/mol. The van der Waals surface area contributed by atoms with Gasteiger partial charge in [-0.3, -0.25) is 0 Å². The maximum absolute atomic E-state index is 11.0. The van der Waals surface area contributed by atoms with E-state index in [1.54, 1.807) is 0 Å². The summed E-state index contributed by atoms with van der Waals surface area (Å²) in [5, 5.41) is 24.9. The Labute approximate surface area is 176 Å². The van der Waals surface area contributed by atoms with Crippen LogP contribution < -0.4 is 5.32 Å². The van der Waals surface area contributed by atoms with Gasteiger partial charge >= 0.3 is 0 Å². The lowest BCUT2D eigenvalue weighted by Crippen LogP contribution is -2.53. The first kappa shape index (κ1) is 20.9. The second-order valence-electron chi connectivity index (χ2n) is 10.7. The standard InChI is InChI=1S/C26H39NO2/c1-17-6-5-7-19(14-17)27-16-21-22-9-8-18(2)25(22,3)13-11-23(21)26(4)12-10-20(28)15-24(26)29/h5-7,14,20-24,27-29H,2,8-13,15-16H2,1,3-4H3/t20-,21+,22?,23?,24-,25?,26?/m0/s1. The van der Waals surface area contributed by atoms with E-state index in [1.165, 1.54) is 29.7 Å². The van der Waals surface area contributed by atoms with Crippen LogP contribution in [0.2, 0.25) is 0 Å². The average Bonchev–Trinajstić information content (AvgIpc) is 2.98. The average molecular weight is 398 g/mol. The predicted molar refractivity (Wildman–Crippen MR) is 120 cm³/mol. The van der Waals surface area contributed by atoms with Crippen LogP contribution in [-0.2, 0) is 0 Å². The molecule has 3 saturated carbocycles. The van der Waals surface area contributed by atoms with Crippen molar-refractivity contribution < 1.29 is 10.2 Å². The van der Waals surface area contributed by atoms with Gasteiger partial charge in [0, 0.05) is 12.2 Å². The molecule has 0 saturated heterocycles. The molecule has 3 aliphatic rings. The van der Waals surface area contributed by atoms with Crippen molar-refractivity contribution in [1.82, 2.24) is 0 Å². The highest BCUT2D eigenvalue weighted by Gasteiger charge is 2.56. The number of rotatable bonds is 4. The molecule has 0 aromatic heterocycles. The zero-order valence-corrected chi connectivity index (χ0v) is 18.5. The van der Waals surface area contributed by atoms with Gasteiger partial charge in [-0.25, -0.2) is 0 Å². The van der Waals surface area contributed by atoms with Crippen LogP contribution in [0.4, 0.5) is 5.69 Å². The predicted octanol–water partition coefficient (Wildman–Crippen LogP) is 5.32. The SMILES string of the molecule is C=C1CCC2[C@@H](CNc3cccc(C)c3)C(C3(C)CC[C@H](O)C[C@@H]3O)CCC12C. The second-order valence-corrected chi connectivity index (χ2v) is 10.7. The molecule has 3 N–H and O–H groups in total. The van der Waals surface area contributed by atoms with Crippen LogP contribution in [0.5, 0.6) is 0 Å². The molecule has 4 rings (SSSR count). The summed E-state index contributed by atoms with van der Waals surface area (Å²) in [7, 11) is 0. The highest BCUT2D eigenvalue weighted by atomic mass is 16.3. The van der Waals surface area contributed by atoms with Gasteiger partial charge < -0.3 is 15.5 Å². The van der Waals surface area contributed by atoms with Gasteiger partial charge in [-0.15, -0.1) is 0 Å². The van der Waals surface area contributed by atoms with Crippen LogP contribution in [0.1, 0.15) is 64.4 Å². The van der Waals surface area contributed by atoms with Crippen LogP contribution in [0, 0.1) is 35.5 Å². The minimum absolute atomic E-state index is 0.108. The van der Waals surface area contributed by atoms with Crippen molar-refractivity contribution >= 4 is 5.69 Å². The number of benzene rings is 1. The van der Waals surface area contributed by atoms with E-state index in [1.807, 2.05) is 0 Å². The van der Waals surface area contributed by atoms with Crippen molar-refractivity contribution in [3.63, 3.8) is 0 Å². The Bertz CT molecular complexity index is 761. The normalized spacial score (nSPS) is 42.5. The highest BCUT2D eigenvalue weighted by Crippen LogP contribution is 2.62. The molecule has 7 atom stereocenters. The molecule has 4 unspecified atom stereocenters. The lowest BCUT2D eigenvalue weighted by atomic mass is 9.51. The number of aliphatic hydroxyl groups excluding tert-OH is 2. The van der Waals surface area contributed by atoms with Gasteiger partial charge in [-0.2, -0.15) is 0 Å². The van der Waals surface area contributed by atoms with Crippen LogP contribution in [0.3, 0.4) is 0 Å². The lowest BCUT2D eigenvalue weighted by Gasteiger charge is -2.55. The molecule has 3 fully saturated rings. The summed E-state index contributed by atoms with van der Waals surface area (Å²) in [6.45, 7) is 12.3. The number of hydrogen-bond donors (Lipinski definition) is 3. The van der Waals surface area contributed by atoms with Crippen molar-refractivity contribution in [3.05, 3.63) is 42.0 Å². The molecule has 29 heavy (non-hydrogen) atoms. The van der Waals surface area contributed by atoms with E-state index in [4.69, 9.17) is 0 Å². The van der Waals surface area contributed by atoms with E-state index in [0.717, 1.165) is 32.2 Å². The molecule has 1 aromatic rings. The summed E-state index contributed by atoms with van der Waals surface area (Å²) < 4.78 is 0. The zero-order valence-electron chi connectivity index (χ0n) is 18.5. The molecule has 0 spiro atoms. The summed E-state index contributed by atoms with van der Waals surface area (Å²) in [5.41, 5.74) is 4.04. The molecule has 0 radical (unpaired) electrons. The second kappa shape index (κ2) is 7.74. The van der Waals surface area contributed by atoms with Crippen LogP contribution in [0.25, 0.3) is 0 Å². The smallest absolute Gasteiger partial charge is 0.0621 e. The molecule has 0 aliphatic heterocycles. The van der Waals surface area contributed by atoms with E-state index >= 15 is 0 Å². The molecular formula is C26H39NO2. The van der Waals surface area contributed by atoms with Crippen LogP contribution in [-0.4, -0.2) is 29.0 Å². The van der Waals surface area contributed by atoms with Crippen molar-refractivity contribution in [1.29, 1.82) is 0 Å². The lowest BCUT2D eigenvalue weighted by molar-refractivity contribution is -0.116. The number of aryl methyl sites for hydroxylation is 1. The monoisotopic (exact) mass is 397 g/mol.